The van der Waals surface area contributed by atoms with E-state index in [4.69, 9.17) is 18.0 Å². The first-order chi connectivity index (χ1) is 10.1. The first-order valence-electron chi connectivity index (χ1n) is 7.58. The minimum absolute atomic E-state index is 0.0875. The second kappa shape index (κ2) is 10.5. The number of esters is 1. The second-order valence-electron chi connectivity index (χ2n) is 5.76. The van der Waals surface area contributed by atoms with E-state index in [0.717, 1.165) is 0 Å². The molecular formula is C15H30O6Ti. The van der Waals surface area contributed by atoms with Gasteiger partial charge in [0.1, 0.15) is 0 Å². The van der Waals surface area contributed by atoms with E-state index >= 15 is 0 Å². The van der Waals surface area contributed by atoms with Crippen molar-refractivity contribution in [3.05, 3.63) is 12.2 Å². The van der Waals surface area contributed by atoms with Crippen molar-refractivity contribution in [3.8, 4) is 0 Å². The van der Waals surface area contributed by atoms with Crippen molar-refractivity contribution in [3.63, 3.8) is 0 Å². The van der Waals surface area contributed by atoms with Gasteiger partial charge in [-0.05, 0) is 0 Å². The van der Waals surface area contributed by atoms with Gasteiger partial charge in [-0.15, -0.1) is 0 Å². The van der Waals surface area contributed by atoms with E-state index in [0.29, 0.717) is 5.57 Å². The van der Waals surface area contributed by atoms with Crippen LogP contribution in [0.3, 0.4) is 0 Å². The van der Waals surface area contributed by atoms with Crippen molar-refractivity contribution in [2.45, 2.75) is 66.8 Å². The summed E-state index contributed by atoms with van der Waals surface area (Å²) >= 11 is -3.89. The molecule has 6 nitrogen and oxygen atoms in total. The summed E-state index contributed by atoms with van der Waals surface area (Å²) in [6.45, 7) is 16.8. The molecule has 0 aromatic rings. The summed E-state index contributed by atoms with van der Waals surface area (Å²) in [5.74, 6) is -0.443. The Bertz CT molecular complexity index is 327. The zero-order chi connectivity index (χ0) is 17.3. The predicted molar refractivity (Wildman–Crippen MR) is 80.4 cm³/mol. The van der Waals surface area contributed by atoms with Gasteiger partial charge in [-0.25, -0.2) is 0 Å². The number of hydrogen-bond acceptors (Lipinski definition) is 6. The molecule has 0 atom stereocenters. The molecule has 0 spiro atoms. The van der Waals surface area contributed by atoms with Gasteiger partial charge in [0.2, 0.25) is 0 Å². The molecule has 0 aromatic heterocycles. The molecule has 0 amide bonds. The first kappa shape index (κ1) is 21.8. The molecular weight excluding hydrogens is 324 g/mol. The Kier molecular flexibility index (Phi) is 10.4. The van der Waals surface area contributed by atoms with Gasteiger partial charge < -0.3 is 0 Å². The van der Waals surface area contributed by atoms with Gasteiger partial charge in [-0.2, -0.15) is 0 Å². The normalized spacial score (nSPS) is 12.3. The van der Waals surface area contributed by atoms with E-state index < -0.39 is 24.1 Å². The molecule has 130 valence electrons. The molecule has 0 heterocycles. The first-order valence-corrected chi connectivity index (χ1v) is 10.1. The third kappa shape index (κ3) is 9.71. The van der Waals surface area contributed by atoms with Crippen LogP contribution in [0.1, 0.15) is 48.5 Å². The van der Waals surface area contributed by atoms with Gasteiger partial charge in [-0.3, -0.25) is 0 Å². The molecule has 0 radical (unpaired) electrons. The molecule has 0 unspecified atom stereocenters. The topological polar surface area (TPSA) is 63.2 Å². The number of ether oxygens (including phenoxy) is 1. The Morgan fingerprint density at radius 3 is 1.64 bits per heavy atom. The van der Waals surface area contributed by atoms with Crippen LogP contribution in [0.4, 0.5) is 0 Å². The quantitative estimate of drug-likeness (QED) is 0.246. The Labute approximate surface area is 139 Å². The molecule has 0 aliphatic rings. The molecule has 0 saturated heterocycles. The van der Waals surface area contributed by atoms with Crippen LogP contribution in [0.5, 0.6) is 0 Å². The predicted octanol–water partition coefficient (Wildman–Crippen LogP) is 3.21. The molecule has 0 aliphatic heterocycles. The molecule has 0 aromatic carbocycles. The van der Waals surface area contributed by atoms with Gasteiger partial charge in [0.15, 0.2) is 0 Å². The van der Waals surface area contributed by atoms with E-state index in [2.05, 4.69) is 6.58 Å². The van der Waals surface area contributed by atoms with Crippen LogP contribution in [-0.4, -0.2) is 37.5 Å². The Morgan fingerprint density at radius 2 is 1.32 bits per heavy atom. The Hall–Kier alpha value is -0.236. The van der Waals surface area contributed by atoms with Crippen molar-refractivity contribution in [1.82, 2.24) is 0 Å². The number of carbonyl (C=O) groups excluding carboxylic acids is 1. The summed E-state index contributed by atoms with van der Waals surface area (Å²) in [6.07, 6.45) is -0.263. The van der Waals surface area contributed by atoms with Crippen LogP contribution < -0.4 is 0 Å². The molecule has 0 rings (SSSR count). The third-order valence-electron chi connectivity index (χ3n) is 2.08. The third-order valence-corrected chi connectivity index (χ3v) is 6.52. The number of carbonyl (C=O) groups is 1. The minimum atomic E-state index is -3.89. The average Bonchev–Trinajstić information content (AvgIpc) is 2.31. The molecule has 7 heteroatoms. The SMILES string of the molecule is C=C(C)C(=O)OCC[O][Ti]([O]C(C)C)([O]C(C)C)[O]C(C)C. The zero-order valence-corrected chi connectivity index (χ0v) is 16.4. The summed E-state index contributed by atoms with van der Waals surface area (Å²) in [6, 6.07) is 0. The zero-order valence-electron chi connectivity index (χ0n) is 14.8. The average molecular weight is 354 g/mol. The molecule has 0 saturated carbocycles. The Morgan fingerprint density at radius 1 is 0.909 bits per heavy atom. The van der Waals surface area contributed by atoms with Crippen molar-refractivity contribution < 1.29 is 40.9 Å². The van der Waals surface area contributed by atoms with E-state index in [9.17, 15) is 4.79 Å². The van der Waals surface area contributed by atoms with Gasteiger partial charge >= 0.3 is 139 Å². The van der Waals surface area contributed by atoms with E-state index in [1.165, 1.54) is 0 Å². The van der Waals surface area contributed by atoms with Gasteiger partial charge in [0.05, 0.1) is 0 Å². The monoisotopic (exact) mass is 354 g/mol. The summed E-state index contributed by atoms with van der Waals surface area (Å²) in [7, 11) is 0. The Balaban J connectivity index is 4.73. The molecule has 0 bridgehead atoms. The summed E-state index contributed by atoms with van der Waals surface area (Å²) in [4.78, 5) is 11.3. The summed E-state index contributed by atoms with van der Waals surface area (Å²) < 4.78 is 28.5. The van der Waals surface area contributed by atoms with Crippen molar-refractivity contribution >= 4 is 5.97 Å². The van der Waals surface area contributed by atoms with Crippen LogP contribution >= 0.6 is 0 Å². The van der Waals surface area contributed by atoms with Crippen LogP contribution in [-0.2, 0) is 40.9 Å². The standard InChI is InChI=1S/C6H9O3.3C3H7O.Ti/c1-5(2)6(8)9-4-3-7;3*1-3(2)4;/h1,3-4H2,2H3;3*3H,1-2H3;/q4*-1;+4. The fourth-order valence-electron chi connectivity index (χ4n) is 1.48. The van der Waals surface area contributed by atoms with Gasteiger partial charge in [-0.1, -0.05) is 0 Å². The molecule has 0 fully saturated rings. The van der Waals surface area contributed by atoms with Gasteiger partial charge in [0.25, 0.3) is 0 Å². The summed E-state index contributed by atoms with van der Waals surface area (Å²) in [5, 5.41) is 0. The van der Waals surface area contributed by atoms with Crippen LogP contribution in [0.25, 0.3) is 0 Å². The molecule has 22 heavy (non-hydrogen) atoms. The van der Waals surface area contributed by atoms with Gasteiger partial charge in [0, 0.05) is 0 Å². The maximum atomic E-state index is 11.3. The van der Waals surface area contributed by atoms with E-state index in [1.807, 2.05) is 41.5 Å². The molecule has 0 aliphatic carbocycles. The van der Waals surface area contributed by atoms with Crippen LogP contribution in [0.15, 0.2) is 12.2 Å². The van der Waals surface area contributed by atoms with E-state index in [-0.39, 0.29) is 31.5 Å². The number of hydrogen-bond donors (Lipinski definition) is 0. The van der Waals surface area contributed by atoms with Crippen molar-refractivity contribution in [1.29, 1.82) is 0 Å². The van der Waals surface area contributed by atoms with Crippen LogP contribution in [0.2, 0.25) is 0 Å². The molecule has 0 N–H and O–H groups in total. The fraction of sp³-hybridized carbons (Fsp3) is 0.800. The van der Waals surface area contributed by atoms with Crippen molar-refractivity contribution in [2.24, 2.45) is 0 Å². The fourth-order valence-corrected chi connectivity index (χ4v) is 5.28. The second-order valence-corrected chi connectivity index (χ2v) is 8.88. The van der Waals surface area contributed by atoms with Crippen LogP contribution in [0, 0.1) is 0 Å². The van der Waals surface area contributed by atoms with E-state index in [1.54, 1.807) is 6.92 Å². The van der Waals surface area contributed by atoms with Crippen molar-refractivity contribution in [2.75, 3.05) is 13.2 Å². The number of rotatable bonds is 11. The maximum absolute atomic E-state index is 11.3. The summed E-state index contributed by atoms with van der Waals surface area (Å²) in [5.41, 5.74) is 0.350.